The van der Waals surface area contributed by atoms with Gasteiger partial charge in [-0.3, -0.25) is 4.68 Å². The van der Waals surface area contributed by atoms with Crippen molar-refractivity contribution < 1.29 is 5.11 Å². The minimum Gasteiger partial charge on any atom is -0.388 e. The molecule has 2 unspecified atom stereocenters. The molecule has 4 nitrogen and oxygen atoms in total. The van der Waals surface area contributed by atoms with Gasteiger partial charge in [0.1, 0.15) is 0 Å². The molecule has 0 fully saturated rings. The summed E-state index contributed by atoms with van der Waals surface area (Å²) < 4.78 is 1.86. The molecule has 3 N–H and O–H groups in total. The highest BCUT2D eigenvalue weighted by molar-refractivity contribution is 5.09. The molecule has 0 saturated carbocycles. The van der Waals surface area contributed by atoms with E-state index < -0.39 is 6.10 Å². The molecule has 2 atom stereocenters. The summed E-state index contributed by atoms with van der Waals surface area (Å²) in [5.41, 5.74) is 6.55. The summed E-state index contributed by atoms with van der Waals surface area (Å²) >= 11 is 0. The Morgan fingerprint density at radius 2 is 2.19 bits per heavy atom. The van der Waals surface area contributed by atoms with Crippen LogP contribution in [0.25, 0.3) is 0 Å². The first-order chi connectivity index (χ1) is 7.60. The number of nitrogens with two attached hydrogens (primary N) is 1. The summed E-state index contributed by atoms with van der Waals surface area (Å²) in [4.78, 5) is 0. The first-order valence-electron chi connectivity index (χ1n) is 6.02. The summed E-state index contributed by atoms with van der Waals surface area (Å²) in [5, 5.41) is 14.4. The van der Waals surface area contributed by atoms with Gasteiger partial charge < -0.3 is 10.8 Å². The Balaban J connectivity index is 2.73. The van der Waals surface area contributed by atoms with Crippen molar-refractivity contribution in [3.8, 4) is 0 Å². The zero-order chi connectivity index (χ0) is 12.1. The van der Waals surface area contributed by atoms with Crippen molar-refractivity contribution in [1.82, 2.24) is 9.78 Å². The molecule has 1 heterocycles. The lowest BCUT2D eigenvalue weighted by Crippen LogP contribution is -2.21. The van der Waals surface area contributed by atoms with Gasteiger partial charge in [-0.15, -0.1) is 0 Å². The number of aliphatic hydroxyl groups is 1. The van der Waals surface area contributed by atoms with E-state index in [0.717, 1.165) is 18.4 Å². The van der Waals surface area contributed by atoms with Gasteiger partial charge in [-0.05, 0) is 26.8 Å². The Kier molecular flexibility index (Phi) is 4.96. The fourth-order valence-electron chi connectivity index (χ4n) is 1.84. The number of hydrogen-bond acceptors (Lipinski definition) is 3. The van der Waals surface area contributed by atoms with E-state index in [2.05, 4.69) is 25.9 Å². The summed E-state index contributed by atoms with van der Waals surface area (Å²) in [6.45, 7) is 6.75. The lowest BCUT2D eigenvalue weighted by Gasteiger charge is -2.19. The number of aliphatic hydroxyl groups excluding tert-OH is 1. The lowest BCUT2D eigenvalue weighted by atomic mass is 9.94. The van der Waals surface area contributed by atoms with E-state index in [1.807, 2.05) is 10.9 Å². The molecule has 0 spiro atoms. The van der Waals surface area contributed by atoms with Gasteiger partial charge in [-0.25, -0.2) is 0 Å². The molecular weight excluding hydrogens is 202 g/mol. The fraction of sp³-hybridized carbons (Fsp3) is 0.750. The summed E-state index contributed by atoms with van der Waals surface area (Å²) in [7, 11) is 0. The van der Waals surface area contributed by atoms with Crippen LogP contribution in [0.2, 0.25) is 0 Å². The van der Waals surface area contributed by atoms with Gasteiger partial charge in [0.25, 0.3) is 0 Å². The van der Waals surface area contributed by atoms with Crippen LogP contribution >= 0.6 is 0 Å². The molecule has 1 aromatic rings. The van der Waals surface area contributed by atoms with Crippen LogP contribution in [0, 0.1) is 5.92 Å². The predicted molar refractivity (Wildman–Crippen MR) is 65.0 cm³/mol. The normalized spacial score (nSPS) is 15.4. The smallest absolute Gasteiger partial charge is 0.0860 e. The Labute approximate surface area is 97.5 Å². The maximum Gasteiger partial charge on any atom is 0.0860 e. The average Bonchev–Trinajstić information content (AvgIpc) is 2.74. The molecule has 0 radical (unpaired) electrons. The molecule has 16 heavy (non-hydrogen) atoms. The van der Waals surface area contributed by atoms with Crippen molar-refractivity contribution in [3.63, 3.8) is 0 Å². The monoisotopic (exact) mass is 225 g/mol. The maximum absolute atomic E-state index is 10.2. The Hall–Kier alpha value is -0.870. The molecule has 0 bridgehead atoms. The highest BCUT2D eigenvalue weighted by atomic mass is 16.3. The van der Waals surface area contributed by atoms with Crippen molar-refractivity contribution in [2.75, 3.05) is 6.54 Å². The standard InChI is InChI=1S/C12H23N3O/c1-4-5-10(6-13)12(16)11-7-14-15(8-11)9(2)3/h7-10,12,16H,4-6,13H2,1-3H3. The molecule has 0 aliphatic rings. The van der Waals surface area contributed by atoms with Crippen molar-refractivity contribution in [1.29, 1.82) is 0 Å². The zero-order valence-electron chi connectivity index (χ0n) is 10.4. The summed E-state index contributed by atoms with van der Waals surface area (Å²) in [6.07, 6.45) is 5.15. The summed E-state index contributed by atoms with van der Waals surface area (Å²) in [6, 6.07) is 0.323. The molecule has 1 rings (SSSR count). The second kappa shape index (κ2) is 6.01. The Morgan fingerprint density at radius 3 is 2.62 bits per heavy atom. The first-order valence-corrected chi connectivity index (χ1v) is 6.02. The average molecular weight is 225 g/mol. The number of rotatable bonds is 6. The van der Waals surface area contributed by atoms with Crippen LogP contribution in [-0.4, -0.2) is 21.4 Å². The van der Waals surface area contributed by atoms with Crippen molar-refractivity contribution >= 4 is 0 Å². The molecule has 0 aromatic carbocycles. The highest BCUT2D eigenvalue weighted by Crippen LogP contribution is 2.25. The molecule has 0 saturated heterocycles. The van der Waals surface area contributed by atoms with E-state index in [9.17, 15) is 5.11 Å². The van der Waals surface area contributed by atoms with E-state index in [0.29, 0.717) is 12.6 Å². The van der Waals surface area contributed by atoms with Gasteiger partial charge in [0.05, 0.1) is 12.3 Å². The van der Waals surface area contributed by atoms with Crippen LogP contribution < -0.4 is 5.73 Å². The number of nitrogens with zero attached hydrogens (tertiary/aromatic N) is 2. The third-order valence-electron chi connectivity index (χ3n) is 2.90. The maximum atomic E-state index is 10.2. The second-order valence-electron chi connectivity index (χ2n) is 4.58. The van der Waals surface area contributed by atoms with E-state index in [1.54, 1.807) is 6.20 Å². The largest absolute Gasteiger partial charge is 0.388 e. The van der Waals surface area contributed by atoms with Gasteiger partial charge in [0, 0.05) is 23.7 Å². The quantitative estimate of drug-likeness (QED) is 0.777. The highest BCUT2D eigenvalue weighted by Gasteiger charge is 2.20. The van der Waals surface area contributed by atoms with Crippen molar-refractivity contribution in [3.05, 3.63) is 18.0 Å². The molecule has 4 heteroatoms. The molecule has 0 aliphatic carbocycles. The molecule has 92 valence electrons. The van der Waals surface area contributed by atoms with Crippen LogP contribution in [0.3, 0.4) is 0 Å². The second-order valence-corrected chi connectivity index (χ2v) is 4.58. The van der Waals surface area contributed by atoms with Crippen molar-refractivity contribution in [2.45, 2.75) is 45.8 Å². The SMILES string of the molecule is CCCC(CN)C(O)c1cnn(C(C)C)c1. The third-order valence-corrected chi connectivity index (χ3v) is 2.90. The summed E-state index contributed by atoms with van der Waals surface area (Å²) in [5.74, 6) is 0.134. The lowest BCUT2D eigenvalue weighted by molar-refractivity contribution is 0.106. The minimum atomic E-state index is -0.488. The number of hydrogen-bond donors (Lipinski definition) is 2. The van der Waals surface area contributed by atoms with Crippen LogP contribution in [0.15, 0.2) is 12.4 Å². The number of aromatic nitrogens is 2. The van der Waals surface area contributed by atoms with Gasteiger partial charge in [0.2, 0.25) is 0 Å². The molecule has 0 aliphatic heterocycles. The van der Waals surface area contributed by atoms with Crippen LogP contribution in [0.4, 0.5) is 0 Å². The third kappa shape index (κ3) is 3.06. The first kappa shape index (κ1) is 13.2. The van der Waals surface area contributed by atoms with E-state index in [1.165, 1.54) is 0 Å². The van der Waals surface area contributed by atoms with Crippen molar-refractivity contribution in [2.24, 2.45) is 11.7 Å². The van der Waals surface area contributed by atoms with Gasteiger partial charge >= 0.3 is 0 Å². The minimum absolute atomic E-state index is 0.134. The van der Waals surface area contributed by atoms with Gasteiger partial charge in [-0.2, -0.15) is 5.10 Å². The van der Waals surface area contributed by atoms with Gasteiger partial charge in [-0.1, -0.05) is 13.3 Å². The fourth-order valence-corrected chi connectivity index (χ4v) is 1.84. The molecule has 0 amide bonds. The van der Waals surface area contributed by atoms with Crippen LogP contribution in [0.5, 0.6) is 0 Å². The van der Waals surface area contributed by atoms with Crippen LogP contribution in [-0.2, 0) is 0 Å². The molecule has 1 aromatic heterocycles. The van der Waals surface area contributed by atoms with E-state index in [4.69, 9.17) is 5.73 Å². The van der Waals surface area contributed by atoms with Gasteiger partial charge in [0.15, 0.2) is 0 Å². The topological polar surface area (TPSA) is 64.1 Å². The molecular formula is C12H23N3O. The predicted octanol–water partition coefficient (Wildman–Crippen LogP) is 1.87. The zero-order valence-corrected chi connectivity index (χ0v) is 10.4. The Bertz CT molecular complexity index is 309. The van der Waals surface area contributed by atoms with E-state index in [-0.39, 0.29) is 5.92 Å². The Morgan fingerprint density at radius 1 is 1.50 bits per heavy atom. The van der Waals surface area contributed by atoms with Crippen LogP contribution in [0.1, 0.15) is 51.3 Å². The van der Waals surface area contributed by atoms with E-state index >= 15 is 0 Å².